The lowest BCUT2D eigenvalue weighted by molar-refractivity contribution is 0.195. The maximum absolute atomic E-state index is 8.11. The van der Waals surface area contributed by atoms with Crippen LogP contribution in [0.2, 0.25) is 5.82 Å². The number of benzene rings is 6. The first kappa shape index (κ1) is 61.2. The predicted octanol–water partition coefficient (Wildman–Crippen LogP) is 22.8. The van der Waals surface area contributed by atoms with Gasteiger partial charge in [0.05, 0.1) is 11.6 Å². The van der Waals surface area contributed by atoms with Gasteiger partial charge in [-0.25, -0.2) is 0 Å². The Morgan fingerprint density at radius 2 is 0.880 bits per heavy atom. The molecular formula is C87H110BN3O. The minimum absolute atomic E-state index is 0.000650. The molecule has 4 atom stereocenters. The van der Waals surface area contributed by atoms with E-state index in [-0.39, 0.29) is 83.7 Å². The molecule has 7 aromatic rings. The van der Waals surface area contributed by atoms with Crippen LogP contribution in [-0.2, 0) is 59.6 Å². The fourth-order valence-electron chi connectivity index (χ4n) is 21.5. The molecule has 5 heteroatoms. The maximum Gasteiger partial charge on any atom is 0.229 e. The van der Waals surface area contributed by atoms with Gasteiger partial charge in [0.25, 0.3) is 0 Å². The Labute approximate surface area is 555 Å². The molecule has 6 aliphatic carbocycles. The molecule has 4 heterocycles. The largest absolute Gasteiger partial charge is 0.440 e. The Kier molecular flexibility index (Phi) is 12.3. The molecule has 3 aliphatic heterocycles. The molecule has 0 saturated heterocycles. The van der Waals surface area contributed by atoms with E-state index in [1.165, 1.54) is 152 Å². The van der Waals surface area contributed by atoms with E-state index >= 15 is 0 Å². The number of anilines is 7. The molecule has 9 aliphatic rings. The normalized spacial score (nSPS) is 27.8. The second kappa shape index (κ2) is 18.5. The topological polar surface area (TPSA) is 22.9 Å². The van der Waals surface area contributed by atoms with Crippen molar-refractivity contribution in [3.63, 3.8) is 0 Å². The fraction of sp³-hybridized carbons (Fsp3) is 0.563. The van der Waals surface area contributed by atoms with Crippen molar-refractivity contribution in [2.45, 2.75) is 313 Å². The summed E-state index contributed by atoms with van der Waals surface area (Å²) in [4.78, 5) is 8.63. The Balaban J connectivity index is 1.09. The fourth-order valence-corrected chi connectivity index (χ4v) is 21.5. The minimum atomic E-state index is -0.255. The summed E-state index contributed by atoms with van der Waals surface area (Å²) in [5.74, 6) is 1.16. The molecule has 1 fully saturated rings. The summed E-state index contributed by atoms with van der Waals surface area (Å²) < 4.78 is 8.11. The Morgan fingerprint density at radius 3 is 1.45 bits per heavy atom. The average Bonchev–Trinajstić information content (AvgIpc) is 1.45. The summed E-state index contributed by atoms with van der Waals surface area (Å²) in [6.45, 7) is 58.1. The number of fused-ring (bicyclic) bond motifs is 15. The van der Waals surface area contributed by atoms with Crippen LogP contribution in [0.1, 0.15) is 309 Å². The molecule has 1 saturated carbocycles. The second-order valence-electron chi connectivity index (χ2n) is 39.1. The first-order chi connectivity index (χ1) is 42.7. The van der Waals surface area contributed by atoms with Crippen LogP contribution in [0.5, 0.6) is 0 Å². The molecule has 0 amide bonds. The van der Waals surface area contributed by atoms with Crippen LogP contribution in [0.3, 0.4) is 0 Å². The Bertz CT molecular complexity index is 4350. The molecule has 482 valence electrons. The molecule has 1 aromatic heterocycles. The minimum Gasteiger partial charge on any atom is -0.440 e. The van der Waals surface area contributed by atoms with Gasteiger partial charge in [0.15, 0.2) is 0 Å². The Hall–Kier alpha value is -5.68. The molecule has 4 unspecified atom stereocenters. The summed E-state index contributed by atoms with van der Waals surface area (Å²) in [5, 5.41) is 1.31. The predicted molar refractivity (Wildman–Crippen MR) is 393 cm³/mol. The zero-order valence-electron chi connectivity index (χ0n) is 61.1. The van der Waals surface area contributed by atoms with E-state index in [4.69, 9.17) is 4.42 Å². The van der Waals surface area contributed by atoms with Crippen molar-refractivity contribution in [2.24, 2.45) is 0 Å². The first-order valence-electron chi connectivity index (χ1n) is 36.5. The summed E-state index contributed by atoms with van der Waals surface area (Å²) in [7, 11) is 0. The van der Waals surface area contributed by atoms with Crippen LogP contribution >= 0.6 is 0 Å². The smallest absolute Gasteiger partial charge is 0.229 e. The van der Waals surface area contributed by atoms with E-state index in [0.717, 1.165) is 37.2 Å². The third kappa shape index (κ3) is 8.07. The lowest BCUT2D eigenvalue weighted by Crippen LogP contribution is -2.61. The molecule has 4 nitrogen and oxygen atoms in total. The van der Waals surface area contributed by atoms with Crippen LogP contribution in [0, 0.1) is 0 Å². The standard InChI is InChI=1S/C87H110BN3O/c1-76(2,3)51-26-31-67-66(42-51)86(22)32-24-25-33-87(86,23)91(67)54-45-68-72-69(46-54)90(53-28-30-58-61(44-53)80(10,11)37-35-78(58,6)7)75-71(56-48-63-65(50-70(56)92-75)84(18,19)41-39-82(63,14)15)88(72)74-73(89(68)52-27-29-57-60(43-52)79(8,9)36-34-77(57,4)5)55-47-62-64(49-59(55)85(74,20)21)83(16,17)40-38-81(62,12)13/h26-31,42-50,73-74H,24-25,32-41H2,1-23H3. The molecule has 0 spiro atoms. The van der Waals surface area contributed by atoms with Gasteiger partial charge in [-0.15, -0.1) is 0 Å². The van der Waals surface area contributed by atoms with Gasteiger partial charge in [-0.05, 0) is 263 Å². The van der Waals surface area contributed by atoms with E-state index in [1.807, 2.05) is 0 Å². The van der Waals surface area contributed by atoms with Crippen molar-refractivity contribution in [3.8, 4) is 0 Å². The summed E-state index contributed by atoms with van der Waals surface area (Å²) in [6, 6.07) is 39.6. The van der Waals surface area contributed by atoms with E-state index in [1.54, 1.807) is 16.7 Å². The zero-order valence-corrected chi connectivity index (χ0v) is 61.1. The van der Waals surface area contributed by atoms with Crippen molar-refractivity contribution < 1.29 is 4.42 Å². The number of nitrogens with zero attached hydrogens (tertiary/aromatic N) is 3. The van der Waals surface area contributed by atoms with E-state index in [9.17, 15) is 0 Å². The van der Waals surface area contributed by atoms with Crippen molar-refractivity contribution in [3.05, 3.63) is 158 Å². The van der Waals surface area contributed by atoms with Gasteiger partial charge in [-0.2, -0.15) is 0 Å². The molecule has 0 bridgehead atoms. The summed E-state index contributed by atoms with van der Waals surface area (Å²) in [6.07, 6.45) is 14.1. The van der Waals surface area contributed by atoms with E-state index in [0.29, 0.717) is 0 Å². The molecule has 6 aromatic carbocycles. The molecular weight excluding hydrogens is 1110 g/mol. The summed E-state index contributed by atoms with van der Waals surface area (Å²) in [5.41, 5.74) is 29.7. The van der Waals surface area contributed by atoms with Crippen molar-refractivity contribution in [1.29, 1.82) is 0 Å². The van der Waals surface area contributed by atoms with Crippen molar-refractivity contribution in [1.82, 2.24) is 0 Å². The number of rotatable bonds is 3. The second-order valence-corrected chi connectivity index (χ2v) is 39.1. The van der Waals surface area contributed by atoms with Gasteiger partial charge >= 0.3 is 0 Å². The number of furan rings is 1. The molecule has 0 radical (unpaired) electrons. The lowest BCUT2D eigenvalue weighted by Gasteiger charge is -2.53. The van der Waals surface area contributed by atoms with E-state index < -0.39 is 0 Å². The van der Waals surface area contributed by atoms with Gasteiger partial charge in [-0.1, -0.05) is 202 Å². The van der Waals surface area contributed by atoms with Crippen LogP contribution in [0.25, 0.3) is 11.0 Å². The molecule has 92 heavy (non-hydrogen) atoms. The maximum atomic E-state index is 8.11. The van der Waals surface area contributed by atoms with Gasteiger partial charge in [0.2, 0.25) is 12.6 Å². The highest BCUT2D eigenvalue weighted by molar-refractivity contribution is 6.93. The molecule has 16 rings (SSSR count). The SMILES string of the molecule is CC(C)(C)c1ccc2c(c1)C1(C)CCCCC1(C)N2c1cc2c3c(c1)N(c1ccc4c(c1)C(C)(C)CCC4(C)C)C1c4cc5c(cc4C(C)(C)C1B3c1c(oc3cc4c(cc13)C(C)(C)CCC4(C)C)N2c1ccc2c(c1)C(C)(C)CCC2(C)C)C(C)(C)CCC5(C)C. The Morgan fingerprint density at radius 1 is 0.402 bits per heavy atom. The van der Waals surface area contributed by atoms with Gasteiger partial charge in [0, 0.05) is 44.9 Å². The van der Waals surface area contributed by atoms with Crippen molar-refractivity contribution in [2.75, 3.05) is 14.7 Å². The van der Waals surface area contributed by atoms with Crippen LogP contribution < -0.4 is 25.6 Å². The van der Waals surface area contributed by atoms with Gasteiger partial charge < -0.3 is 14.2 Å². The highest BCUT2D eigenvalue weighted by atomic mass is 16.4. The quantitative estimate of drug-likeness (QED) is 0.165. The monoisotopic (exact) mass is 1220 g/mol. The first-order valence-corrected chi connectivity index (χ1v) is 36.5. The van der Waals surface area contributed by atoms with Crippen molar-refractivity contribution >= 4 is 68.6 Å². The van der Waals surface area contributed by atoms with Gasteiger partial charge in [0.1, 0.15) is 5.58 Å². The number of hydrogen-bond donors (Lipinski definition) is 0. The lowest BCUT2D eigenvalue weighted by atomic mass is 9.26. The molecule has 0 N–H and O–H groups in total. The van der Waals surface area contributed by atoms with Crippen LogP contribution in [0.4, 0.5) is 40.0 Å². The zero-order chi connectivity index (χ0) is 65.5. The third-order valence-electron chi connectivity index (χ3n) is 28.4. The highest BCUT2D eigenvalue weighted by Gasteiger charge is 2.64. The van der Waals surface area contributed by atoms with E-state index in [2.05, 4.69) is 265 Å². The highest BCUT2D eigenvalue weighted by Crippen LogP contribution is 2.68. The number of hydrogen-bond acceptors (Lipinski definition) is 4. The average molecular weight is 1220 g/mol. The third-order valence-corrected chi connectivity index (χ3v) is 28.4. The van der Waals surface area contributed by atoms with Crippen LogP contribution in [-0.4, -0.2) is 12.3 Å². The van der Waals surface area contributed by atoms with Gasteiger partial charge in [-0.3, -0.25) is 4.90 Å². The van der Waals surface area contributed by atoms with Crippen LogP contribution in [0.15, 0.2) is 95.4 Å². The summed E-state index contributed by atoms with van der Waals surface area (Å²) >= 11 is 0.